The summed E-state index contributed by atoms with van der Waals surface area (Å²) in [5, 5.41) is 0. The second kappa shape index (κ2) is 6.87. The predicted molar refractivity (Wildman–Crippen MR) is 92.2 cm³/mol. The average Bonchev–Trinajstić information content (AvgIpc) is 2.71. The van der Waals surface area contributed by atoms with Crippen molar-refractivity contribution >= 4 is 17.5 Å². The smallest absolute Gasteiger partial charge is 0.343 e. The van der Waals surface area contributed by atoms with Gasteiger partial charge in [-0.15, -0.1) is 0 Å². The van der Waals surface area contributed by atoms with Gasteiger partial charge >= 0.3 is 5.97 Å². The molecule has 138 valence electrons. The summed E-state index contributed by atoms with van der Waals surface area (Å²) in [4.78, 5) is 45.0. The number of nitrogens with zero attached hydrogens (tertiary/aromatic N) is 2. The minimum Gasteiger partial charge on any atom is -0.491 e. The SMILES string of the molecule is COC(=O)c1ccc(-c2ccc3c(n2)C(=O)C(N)=C(OC)C3=O)nc1OC. The number of Topliss-reactive ketones (excluding diaryl/α,β-unsaturated/α-hetero) is 2. The number of ketones is 2. The number of allylic oxidation sites excluding steroid dienone is 2. The summed E-state index contributed by atoms with van der Waals surface area (Å²) in [5.41, 5.74) is 6.18. The normalized spacial score (nSPS) is 13.3. The highest BCUT2D eigenvalue weighted by Gasteiger charge is 2.33. The fourth-order valence-electron chi connectivity index (χ4n) is 2.64. The number of aromatic nitrogens is 2. The van der Waals surface area contributed by atoms with E-state index in [9.17, 15) is 14.4 Å². The van der Waals surface area contributed by atoms with Crippen LogP contribution in [0.2, 0.25) is 0 Å². The maximum absolute atomic E-state index is 12.4. The van der Waals surface area contributed by atoms with Gasteiger partial charge in [-0.2, -0.15) is 0 Å². The van der Waals surface area contributed by atoms with Gasteiger partial charge in [0, 0.05) is 0 Å². The van der Waals surface area contributed by atoms with Crippen molar-refractivity contribution in [1.82, 2.24) is 9.97 Å². The van der Waals surface area contributed by atoms with E-state index in [-0.39, 0.29) is 34.2 Å². The molecule has 2 aromatic rings. The highest BCUT2D eigenvalue weighted by Crippen LogP contribution is 2.27. The Kier molecular flexibility index (Phi) is 4.59. The second-order valence-electron chi connectivity index (χ2n) is 5.44. The molecule has 3 rings (SSSR count). The van der Waals surface area contributed by atoms with Crippen LogP contribution in [0.1, 0.15) is 31.2 Å². The molecular formula is C18H15N3O6. The minimum absolute atomic E-state index is 0.0438. The van der Waals surface area contributed by atoms with E-state index >= 15 is 0 Å². The van der Waals surface area contributed by atoms with Crippen molar-refractivity contribution in [2.24, 2.45) is 5.73 Å². The fourth-order valence-corrected chi connectivity index (χ4v) is 2.64. The van der Waals surface area contributed by atoms with Crippen molar-refractivity contribution < 1.29 is 28.6 Å². The Hall–Kier alpha value is -3.75. The fraction of sp³-hybridized carbons (Fsp3) is 0.167. The van der Waals surface area contributed by atoms with Crippen LogP contribution < -0.4 is 10.5 Å². The topological polar surface area (TPSA) is 131 Å². The number of hydrogen-bond acceptors (Lipinski definition) is 9. The van der Waals surface area contributed by atoms with Crippen LogP contribution in [0.4, 0.5) is 0 Å². The van der Waals surface area contributed by atoms with Gasteiger partial charge in [0.2, 0.25) is 17.4 Å². The number of carbonyl (C=O) groups is 3. The molecule has 0 spiro atoms. The van der Waals surface area contributed by atoms with Gasteiger partial charge in [-0.3, -0.25) is 9.59 Å². The summed E-state index contributed by atoms with van der Waals surface area (Å²) >= 11 is 0. The van der Waals surface area contributed by atoms with Crippen LogP contribution in [-0.2, 0) is 9.47 Å². The number of fused-ring (bicyclic) bond motifs is 1. The molecule has 0 bridgehead atoms. The molecule has 0 fully saturated rings. The third kappa shape index (κ3) is 2.88. The number of nitrogens with two attached hydrogens (primary N) is 1. The van der Waals surface area contributed by atoms with E-state index in [1.807, 2.05) is 0 Å². The first-order valence-electron chi connectivity index (χ1n) is 7.70. The third-order valence-electron chi connectivity index (χ3n) is 3.98. The first-order valence-corrected chi connectivity index (χ1v) is 7.70. The van der Waals surface area contributed by atoms with Gasteiger partial charge in [-0.05, 0) is 24.3 Å². The van der Waals surface area contributed by atoms with Gasteiger partial charge in [0.1, 0.15) is 17.0 Å². The molecule has 2 heterocycles. The zero-order chi connectivity index (χ0) is 19.7. The number of carbonyl (C=O) groups excluding carboxylic acids is 3. The summed E-state index contributed by atoms with van der Waals surface area (Å²) in [6.07, 6.45) is 0. The van der Waals surface area contributed by atoms with Crippen molar-refractivity contribution in [3.8, 4) is 17.3 Å². The standard InChI is InChI=1S/C18H15N3O6/c1-25-16-12(19)15(23)13-8(14(16)22)4-6-10(20-13)11-7-5-9(18(24)27-3)17(21-11)26-2/h4-7H,19H2,1-3H3. The molecule has 0 atom stereocenters. The molecule has 27 heavy (non-hydrogen) atoms. The summed E-state index contributed by atoms with van der Waals surface area (Å²) in [7, 11) is 3.87. The Bertz CT molecular complexity index is 1010. The van der Waals surface area contributed by atoms with Crippen molar-refractivity contribution in [3.05, 3.63) is 52.5 Å². The quantitative estimate of drug-likeness (QED) is 0.788. The Balaban J connectivity index is 2.09. The first kappa shape index (κ1) is 18.1. The van der Waals surface area contributed by atoms with Gasteiger partial charge in [0.05, 0.1) is 38.3 Å². The molecule has 2 aromatic heterocycles. The number of ether oxygens (including phenoxy) is 3. The van der Waals surface area contributed by atoms with Crippen molar-refractivity contribution in [3.63, 3.8) is 0 Å². The molecular weight excluding hydrogens is 354 g/mol. The number of hydrogen-bond donors (Lipinski definition) is 1. The molecule has 1 aliphatic rings. The van der Waals surface area contributed by atoms with E-state index in [2.05, 4.69) is 14.7 Å². The number of methoxy groups -OCH3 is 3. The summed E-state index contributed by atoms with van der Waals surface area (Å²) in [5.74, 6) is -1.89. The van der Waals surface area contributed by atoms with Crippen LogP contribution in [0.15, 0.2) is 35.7 Å². The maximum Gasteiger partial charge on any atom is 0.343 e. The van der Waals surface area contributed by atoms with Crippen molar-refractivity contribution in [2.45, 2.75) is 0 Å². The minimum atomic E-state index is -0.610. The Labute approximate surface area is 153 Å². The maximum atomic E-state index is 12.4. The molecule has 9 nitrogen and oxygen atoms in total. The zero-order valence-corrected chi connectivity index (χ0v) is 14.7. The monoisotopic (exact) mass is 369 g/mol. The molecule has 2 N–H and O–H groups in total. The van der Waals surface area contributed by atoms with Crippen LogP contribution in [0.25, 0.3) is 11.4 Å². The molecule has 0 radical (unpaired) electrons. The Morgan fingerprint density at radius 1 is 0.926 bits per heavy atom. The van der Waals surface area contributed by atoms with E-state index < -0.39 is 17.5 Å². The van der Waals surface area contributed by atoms with Crippen LogP contribution in [0.5, 0.6) is 5.88 Å². The summed E-state index contributed by atoms with van der Waals surface area (Å²) in [6.45, 7) is 0. The van der Waals surface area contributed by atoms with Crippen LogP contribution in [-0.4, -0.2) is 48.8 Å². The van der Waals surface area contributed by atoms with Gasteiger partial charge in [0.15, 0.2) is 5.76 Å². The molecule has 0 saturated heterocycles. The molecule has 0 aliphatic heterocycles. The lowest BCUT2D eigenvalue weighted by atomic mass is 9.95. The lowest BCUT2D eigenvalue weighted by molar-refractivity contribution is 0.0596. The van der Waals surface area contributed by atoms with Crippen molar-refractivity contribution in [1.29, 1.82) is 0 Å². The lowest BCUT2D eigenvalue weighted by Crippen LogP contribution is -2.28. The zero-order valence-electron chi connectivity index (χ0n) is 14.7. The molecule has 0 saturated carbocycles. The average molecular weight is 369 g/mol. The molecule has 0 amide bonds. The summed E-state index contributed by atoms with van der Waals surface area (Å²) < 4.78 is 14.7. The summed E-state index contributed by atoms with van der Waals surface area (Å²) in [6, 6.07) is 5.97. The van der Waals surface area contributed by atoms with Crippen molar-refractivity contribution in [2.75, 3.05) is 21.3 Å². The highest BCUT2D eigenvalue weighted by molar-refractivity contribution is 6.25. The van der Waals surface area contributed by atoms with Crippen LogP contribution in [0, 0.1) is 0 Å². The van der Waals surface area contributed by atoms with E-state index in [0.717, 1.165) is 0 Å². The van der Waals surface area contributed by atoms with Gasteiger partial charge in [-0.25, -0.2) is 14.8 Å². The first-order chi connectivity index (χ1) is 12.9. The number of rotatable bonds is 4. The molecule has 9 heteroatoms. The second-order valence-corrected chi connectivity index (χ2v) is 5.44. The third-order valence-corrected chi connectivity index (χ3v) is 3.98. The largest absolute Gasteiger partial charge is 0.491 e. The predicted octanol–water partition coefficient (Wildman–Crippen LogP) is 1.13. The number of esters is 1. The van der Waals surface area contributed by atoms with Gasteiger partial charge < -0.3 is 19.9 Å². The van der Waals surface area contributed by atoms with E-state index in [0.29, 0.717) is 11.4 Å². The molecule has 0 aromatic carbocycles. The Morgan fingerprint density at radius 3 is 2.22 bits per heavy atom. The van der Waals surface area contributed by atoms with E-state index in [1.165, 1.54) is 45.6 Å². The highest BCUT2D eigenvalue weighted by atomic mass is 16.5. The number of pyridine rings is 2. The lowest BCUT2D eigenvalue weighted by Gasteiger charge is -2.17. The Morgan fingerprint density at radius 2 is 1.59 bits per heavy atom. The molecule has 0 unspecified atom stereocenters. The van der Waals surface area contributed by atoms with Gasteiger partial charge in [0.25, 0.3) is 0 Å². The van der Waals surface area contributed by atoms with E-state index in [1.54, 1.807) is 0 Å². The molecule has 1 aliphatic carbocycles. The van der Waals surface area contributed by atoms with Crippen LogP contribution >= 0.6 is 0 Å². The van der Waals surface area contributed by atoms with E-state index in [4.69, 9.17) is 15.2 Å². The van der Waals surface area contributed by atoms with Gasteiger partial charge in [-0.1, -0.05) is 0 Å². The van der Waals surface area contributed by atoms with Crippen LogP contribution in [0.3, 0.4) is 0 Å².